The SMILES string of the molecule is Cc1nc(CNc2ccc(F)c(F)c2F)sc1C. The quantitative estimate of drug-likeness (QED) is 0.860. The molecule has 0 amide bonds. The molecule has 18 heavy (non-hydrogen) atoms. The van der Waals surface area contributed by atoms with Gasteiger partial charge in [0, 0.05) is 4.88 Å². The molecule has 0 saturated heterocycles. The summed E-state index contributed by atoms with van der Waals surface area (Å²) >= 11 is 1.48. The maximum atomic E-state index is 13.4. The van der Waals surface area contributed by atoms with Crippen molar-refractivity contribution in [1.82, 2.24) is 4.98 Å². The highest BCUT2D eigenvalue weighted by Crippen LogP contribution is 2.22. The molecule has 0 fully saturated rings. The minimum absolute atomic E-state index is 0.0700. The fourth-order valence-electron chi connectivity index (χ4n) is 1.45. The van der Waals surface area contributed by atoms with E-state index in [2.05, 4.69) is 10.3 Å². The molecule has 0 unspecified atom stereocenters. The normalized spacial score (nSPS) is 10.7. The molecular formula is C12H11F3N2S. The standard InChI is InChI=1S/C12H11F3N2S/c1-6-7(2)18-10(17-6)5-16-9-4-3-8(13)11(14)12(9)15/h3-4,16H,5H2,1-2H3. The minimum Gasteiger partial charge on any atom is -0.376 e. The van der Waals surface area contributed by atoms with Gasteiger partial charge < -0.3 is 5.32 Å². The Morgan fingerprint density at radius 3 is 2.50 bits per heavy atom. The average Bonchev–Trinajstić information content (AvgIpc) is 2.65. The Morgan fingerprint density at radius 1 is 1.17 bits per heavy atom. The van der Waals surface area contributed by atoms with Crippen LogP contribution in [-0.4, -0.2) is 4.98 Å². The van der Waals surface area contributed by atoms with Crippen LogP contribution in [0.15, 0.2) is 12.1 Å². The highest BCUT2D eigenvalue weighted by Gasteiger charge is 2.13. The Balaban J connectivity index is 2.13. The maximum Gasteiger partial charge on any atom is 0.196 e. The van der Waals surface area contributed by atoms with Crippen LogP contribution in [0.3, 0.4) is 0 Å². The van der Waals surface area contributed by atoms with Crippen molar-refractivity contribution in [3.05, 3.63) is 45.2 Å². The number of nitrogens with one attached hydrogen (secondary N) is 1. The van der Waals surface area contributed by atoms with Crippen molar-refractivity contribution in [1.29, 1.82) is 0 Å². The van der Waals surface area contributed by atoms with Gasteiger partial charge in [-0.1, -0.05) is 0 Å². The number of aryl methyl sites for hydroxylation is 2. The van der Waals surface area contributed by atoms with Crippen molar-refractivity contribution in [3.63, 3.8) is 0 Å². The van der Waals surface area contributed by atoms with E-state index in [1.54, 1.807) is 0 Å². The largest absolute Gasteiger partial charge is 0.376 e. The molecule has 0 radical (unpaired) electrons. The Kier molecular flexibility index (Phi) is 3.56. The fourth-order valence-corrected chi connectivity index (χ4v) is 2.32. The number of nitrogens with zero attached hydrogens (tertiary/aromatic N) is 1. The number of hydrogen-bond donors (Lipinski definition) is 1. The van der Waals surface area contributed by atoms with E-state index in [0.29, 0.717) is 0 Å². The Hall–Kier alpha value is -1.56. The second-order valence-corrected chi connectivity index (χ2v) is 5.11. The van der Waals surface area contributed by atoms with Gasteiger partial charge in [-0.05, 0) is 26.0 Å². The monoisotopic (exact) mass is 272 g/mol. The molecule has 96 valence electrons. The van der Waals surface area contributed by atoms with Gasteiger partial charge in [0.05, 0.1) is 17.9 Å². The highest BCUT2D eigenvalue weighted by molar-refractivity contribution is 7.11. The molecule has 0 saturated carbocycles. The second kappa shape index (κ2) is 4.97. The number of aromatic nitrogens is 1. The summed E-state index contributed by atoms with van der Waals surface area (Å²) in [4.78, 5) is 5.34. The lowest BCUT2D eigenvalue weighted by Gasteiger charge is -2.06. The van der Waals surface area contributed by atoms with E-state index in [-0.39, 0.29) is 12.2 Å². The average molecular weight is 272 g/mol. The summed E-state index contributed by atoms with van der Waals surface area (Å²) in [7, 11) is 0. The predicted octanol–water partition coefficient (Wildman–Crippen LogP) is 3.79. The molecule has 2 rings (SSSR count). The van der Waals surface area contributed by atoms with E-state index in [4.69, 9.17) is 0 Å². The molecule has 0 aliphatic carbocycles. The van der Waals surface area contributed by atoms with Crippen LogP contribution in [0.5, 0.6) is 0 Å². The first-order valence-corrected chi connectivity index (χ1v) is 6.11. The third-order valence-electron chi connectivity index (χ3n) is 2.54. The molecule has 0 aliphatic rings. The van der Waals surface area contributed by atoms with E-state index >= 15 is 0 Å². The number of hydrogen-bond acceptors (Lipinski definition) is 3. The number of anilines is 1. The topological polar surface area (TPSA) is 24.9 Å². The molecule has 2 aromatic rings. The molecule has 0 aliphatic heterocycles. The summed E-state index contributed by atoms with van der Waals surface area (Å²) < 4.78 is 39.1. The van der Waals surface area contributed by atoms with Crippen LogP contribution in [0.1, 0.15) is 15.6 Å². The zero-order valence-electron chi connectivity index (χ0n) is 9.85. The van der Waals surface area contributed by atoms with Crippen LogP contribution in [0, 0.1) is 31.3 Å². The molecule has 1 aromatic carbocycles. The summed E-state index contributed by atoms with van der Waals surface area (Å²) in [5.74, 6) is -3.87. The molecule has 2 nitrogen and oxygen atoms in total. The predicted molar refractivity (Wildman–Crippen MR) is 65.2 cm³/mol. The summed E-state index contributed by atoms with van der Waals surface area (Å²) in [6.45, 7) is 4.10. The van der Waals surface area contributed by atoms with E-state index in [9.17, 15) is 13.2 Å². The van der Waals surface area contributed by atoms with Gasteiger partial charge in [0.15, 0.2) is 17.5 Å². The number of rotatable bonds is 3. The van der Waals surface area contributed by atoms with Crippen molar-refractivity contribution >= 4 is 17.0 Å². The van der Waals surface area contributed by atoms with Crippen LogP contribution in [0.2, 0.25) is 0 Å². The molecule has 6 heteroatoms. The van der Waals surface area contributed by atoms with Crippen molar-refractivity contribution in [2.24, 2.45) is 0 Å². The van der Waals surface area contributed by atoms with Gasteiger partial charge >= 0.3 is 0 Å². The maximum absolute atomic E-state index is 13.4. The smallest absolute Gasteiger partial charge is 0.196 e. The van der Waals surface area contributed by atoms with Gasteiger partial charge in [-0.25, -0.2) is 18.2 Å². The molecule has 1 aromatic heterocycles. The van der Waals surface area contributed by atoms with Crippen molar-refractivity contribution in [2.45, 2.75) is 20.4 Å². The van der Waals surface area contributed by atoms with Crippen molar-refractivity contribution in [3.8, 4) is 0 Å². The summed E-state index contributed by atoms with van der Waals surface area (Å²) in [5.41, 5.74) is 0.849. The Bertz CT molecular complexity index is 561. The Morgan fingerprint density at radius 2 is 1.89 bits per heavy atom. The zero-order chi connectivity index (χ0) is 13.3. The molecule has 1 N–H and O–H groups in total. The molecule has 0 atom stereocenters. The van der Waals surface area contributed by atoms with E-state index in [1.165, 1.54) is 17.4 Å². The zero-order valence-corrected chi connectivity index (χ0v) is 10.7. The summed E-state index contributed by atoms with van der Waals surface area (Å²) in [6.07, 6.45) is 0. The first-order chi connectivity index (χ1) is 8.49. The van der Waals surface area contributed by atoms with E-state index in [0.717, 1.165) is 21.6 Å². The Labute approximate surface area is 106 Å². The van der Waals surface area contributed by atoms with Crippen LogP contribution < -0.4 is 5.32 Å². The van der Waals surface area contributed by atoms with Crippen LogP contribution in [0.4, 0.5) is 18.9 Å². The third-order valence-corrected chi connectivity index (χ3v) is 3.61. The van der Waals surface area contributed by atoms with Gasteiger partial charge in [-0.3, -0.25) is 0 Å². The number of benzene rings is 1. The van der Waals surface area contributed by atoms with Gasteiger partial charge in [0.1, 0.15) is 5.01 Å². The molecule has 0 spiro atoms. The van der Waals surface area contributed by atoms with Crippen LogP contribution >= 0.6 is 11.3 Å². The van der Waals surface area contributed by atoms with Gasteiger partial charge in [-0.15, -0.1) is 11.3 Å². The highest BCUT2D eigenvalue weighted by atomic mass is 32.1. The number of thiazole rings is 1. The first-order valence-electron chi connectivity index (χ1n) is 5.29. The summed E-state index contributed by atoms with van der Waals surface area (Å²) in [5, 5.41) is 3.48. The fraction of sp³-hybridized carbons (Fsp3) is 0.250. The minimum atomic E-state index is -1.47. The lowest BCUT2D eigenvalue weighted by molar-refractivity contribution is 0.449. The van der Waals surface area contributed by atoms with Gasteiger partial charge in [0.25, 0.3) is 0 Å². The van der Waals surface area contributed by atoms with Crippen molar-refractivity contribution < 1.29 is 13.2 Å². The third kappa shape index (κ3) is 2.48. The van der Waals surface area contributed by atoms with Gasteiger partial charge in [-0.2, -0.15) is 0 Å². The van der Waals surface area contributed by atoms with Crippen LogP contribution in [-0.2, 0) is 6.54 Å². The molecular weight excluding hydrogens is 261 g/mol. The number of halogens is 3. The lowest BCUT2D eigenvalue weighted by atomic mass is 10.3. The molecule has 1 heterocycles. The van der Waals surface area contributed by atoms with Gasteiger partial charge in [0.2, 0.25) is 0 Å². The summed E-state index contributed by atoms with van der Waals surface area (Å²) in [6, 6.07) is 2.06. The molecule has 0 bridgehead atoms. The lowest BCUT2D eigenvalue weighted by Crippen LogP contribution is -2.03. The van der Waals surface area contributed by atoms with Crippen LogP contribution in [0.25, 0.3) is 0 Å². The van der Waals surface area contributed by atoms with E-state index in [1.807, 2.05) is 13.8 Å². The first kappa shape index (κ1) is 12.9. The van der Waals surface area contributed by atoms with Crippen molar-refractivity contribution in [2.75, 3.05) is 5.32 Å². The second-order valence-electron chi connectivity index (χ2n) is 3.83. The van der Waals surface area contributed by atoms with E-state index < -0.39 is 17.5 Å².